The van der Waals surface area contributed by atoms with E-state index in [-0.39, 0.29) is 43.7 Å². The number of likely N-dealkylation sites (tertiary alicyclic amines) is 1. The zero-order valence-electron chi connectivity index (χ0n) is 30.9. The number of aryl methyl sites for hydroxylation is 1. The Morgan fingerprint density at radius 1 is 1.08 bits per heavy atom. The summed E-state index contributed by atoms with van der Waals surface area (Å²) >= 11 is 6.42. The van der Waals surface area contributed by atoms with E-state index in [2.05, 4.69) is 21.1 Å². The van der Waals surface area contributed by atoms with Crippen LogP contribution in [0.1, 0.15) is 116 Å². The summed E-state index contributed by atoms with van der Waals surface area (Å²) in [5, 5.41) is 13.5. The van der Waals surface area contributed by atoms with E-state index in [1.807, 2.05) is 34.6 Å². The van der Waals surface area contributed by atoms with Gasteiger partial charge >= 0.3 is 0 Å². The standard InChI is InChI=1S/C38H54ClN5O7/c1-7-11-27(31(46)35(48)40-25-14-15-25)41-34(47)29-20-38(19-28(43-51-38)26-18-24(39)16-22(2)32(26)50-6)21-44(29)36(49)33(37(3,4)5)42-30(45)17-23-12-9-8-10-13-23/h16,18,23,25,27,29,33H,7-15,17,19-21H2,1-6H3,(H,40,48)(H,41,47)(H,42,45)/t27-,29-,33+,38+/m0/s1. The number of oxime groups is 1. The molecule has 4 atom stereocenters. The average molecular weight is 728 g/mol. The SMILES string of the molecule is CCC[C@H](NC(=O)[C@@H]1C[C@]2(CC(c3cc(Cl)cc(C)c3OC)=NO2)CN1C(=O)[C@@H](NC(=O)CC1CCCCC1)C(C)(C)C)C(=O)C(=O)NC1CC1. The van der Waals surface area contributed by atoms with E-state index in [9.17, 15) is 24.0 Å². The molecular weight excluding hydrogens is 674 g/mol. The number of hydrogen-bond donors (Lipinski definition) is 3. The van der Waals surface area contributed by atoms with Crippen LogP contribution in [0.2, 0.25) is 5.02 Å². The molecule has 0 radical (unpaired) electrons. The smallest absolute Gasteiger partial charge is 0.289 e. The first kappa shape index (κ1) is 38.6. The largest absolute Gasteiger partial charge is 0.496 e. The maximum Gasteiger partial charge on any atom is 0.289 e. The van der Waals surface area contributed by atoms with Crippen LogP contribution >= 0.6 is 11.6 Å². The zero-order valence-corrected chi connectivity index (χ0v) is 31.6. The van der Waals surface area contributed by atoms with E-state index in [1.165, 1.54) is 11.3 Å². The van der Waals surface area contributed by atoms with Crippen molar-refractivity contribution in [2.45, 2.75) is 141 Å². The van der Waals surface area contributed by atoms with Crippen molar-refractivity contribution in [1.82, 2.24) is 20.9 Å². The molecule has 5 rings (SSSR count). The minimum absolute atomic E-state index is 0.0123. The fraction of sp³-hybridized carbons (Fsp3) is 0.684. The van der Waals surface area contributed by atoms with Crippen molar-refractivity contribution < 1.29 is 33.5 Å². The van der Waals surface area contributed by atoms with Crippen molar-refractivity contribution in [3.8, 4) is 5.75 Å². The highest BCUT2D eigenvalue weighted by molar-refractivity contribution is 6.38. The monoisotopic (exact) mass is 727 g/mol. The number of Topliss-reactive ketones (excluding diaryl/α,β-unsaturated/α-hetero) is 1. The number of carbonyl (C=O) groups is 5. The van der Waals surface area contributed by atoms with Gasteiger partial charge in [0.05, 0.1) is 25.4 Å². The molecule has 13 heteroatoms. The van der Waals surface area contributed by atoms with Crippen molar-refractivity contribution in [2.24, 2.45) is 16.5 Å². The molecule has 280 valence electrons. The molecule has 4 aliphatic rings. The summed E-state index contributed by atoms with van der Waals surface area (Å²) in [5.74, 6) is -1.73. The molecule has 1 saturated heterocycles. The van der Waals surface area contributed by atoms with Crippen LogP contribution in [0, 0.1) is 18.3 Å². The molecule has 4 amide bonds. The van der Waals surface area contributed by atoms with Crippen molar-refractivity contribution in [1.29, 1.82) is 0 Å². The van der Waals surface area contributed by atoms with E-state index in [0.29, 0.717) is 34.9 Å². The number of halogens is 1. The lowest BCUT2D eigenvalue weighted by Gasteiger charge is -2.36. The number of carbonyl (C=O) groups excluding carboxylic acids is 5. The highest BCUT2D eigenvalue weighted by Crippen LogP contribution is 2.42. The molecule has 1 aromatic carbocycles. The number of nitrogens with one attached hydrogen (secondary N) is 3. The Hall–Kier alpha value is -3.67. The molecule has 2 saturated carbocycles. The van der Waals surface area contributed by atoms with Gasteiger partial charge in [0, 0.05) is 35.9 Å². The molecular formula is C38H54ClN5O7. The Labute approximate surface area is 306 Å². The number of nitrogens with zero attached hydrogens (tertiary/aromatic N) is 2. The summed E-state index contributed by atoms with van der Waals surface area (Å²) in [6.45, 7) is 9.41. The van der Waals surface area contributed by atoms with Gasteiger partial charge in [0.1, 0.15) is 17.8 Å². The molecule has 51 heavy (non-hydrogen) atoms. The highest BCUT2D eigenvalue weighted by Gasteiger charge is 2.56. The minimum atomic E-state index is -1.07. The summed E-state index contributed by atoms with van der Waals surface area (Å²) in [4.78, 5) is 75.9. The van der Waals surface area contributed by atoms with Gasteiger partial charge in [-0.05, 0) is 68.1 Å². The first-order valence-electron chi connectivity index (χ1n) is 18.5. The number of methoxy groups -OCH3 is 1. The second-order valence-electron chi connectivity index (χ2n) is 16.0. The quantitative estimate of drug-likeness (QED) is 0.248. The molecule has 1 spiro atoms. The third-order valence-corrected chi connectivity index (χ3v) is 10.8. The van der Waals surface area contributed by atoms with Gasteiger partial charge in [0.25, 0.3) is 5.91 Å². The van der Waals surface area contributed by atoms with Gasteiger partial charge in [-0.2, -0.15) is 0 Å². The molecule has 0 bridgehead atoms. The van der Waals surface area contributed by atoms with Gasteiger partial charge in [-0.3, -0.25) is 24.0 Å². The van der Waals surface area contributed by atoms with Crippen molar-refractivity contribution in [2.75, 3.05) is 13.7 Å². The number of ketones is 1. The fourth-order valence-corrected chi connectivity index (χ4v) is 7.92. The number of benzene rings is 1. The Morgan fingerprint density at radius 3 is 2.41 bits per heavy atom. The van der Waals surface area contributed by atoms with E-state index in [1.54, 1.807) is 19.2 Å². The van der Waals surface area contributed by atoms with Crippen LogP contribution in [-0.4, -0.2) is 83.4 Å². The number of rotatable bonds is 13. The van der Waals surface area contributed by atoms with Crippen molar-refractivity contribution in [3.05, 3.63) is 28.3 Å². The molecule has 2 aliphatic carbocycles. The van der Waals surface area contributed by atoms with Crippen LogP contribution in [0.15, 0.2) is 17.3 Å². The van der Waals surface area contributed by atoms with Gasteiger partial charge in [-0.25, -0.2) is 0 Å². The summed E-state index contributed by atoms with van der Waals surface area (Å²) in [5.41, 5.74) is 0.272. The first-order chi connectivity index (χ1) is 24.1. The van der Waals surface area contributed by atoms with Gasteiger partial charge in [-0.15, -0.1) is 0 Å². The molecule has 0 aromatic heterocycles. The predicted octanol–water partition coefficient (Wildman–Crippen LogP) is 4.76. The van der Waals surface area contributed by atoms with Gasteiger partial charge < -0.3 is 30.4 Å². The molecule has 2 heterocycles. The van der Waals surface area contributed by atoms with Gasteiger partial charge in [0.15, 0.2) is 5.60 Å². The fourth-order valence-electron chi connectivity index (χ4n) is 7.64. The molecule has 12 nitrogen and oxygen atoms in total. The summed E-state index contributed by atoms with van der Waals surface area (Å²) in [6.07, 6.45) is 8.48. The second-order valence-corrected chi connectivity index (χ2v) is 16.5. The van der Waals surface area contributed by atoms with Gasteiger partial charge in [0.2, 0.25) is 23.5 Å². The van der Waals surface area contributed by atoms with Gasteiger partial charge in [-0.1, -0.05) is 70.1 Å². The van der Waals surface area contributed by atoms with Crippen LogP contribution in [0.5, 0.6) is 5.75 Å². The lowest BCUT2D eigenvalue weighted by atomic mass is 9.84. The maximum atomic E-state index is 14.7. The molecule has 3 fully saturated rings. The van der Waals surface area contributed by atoms with Crippen LogP contribution in [0.4, 0.5) is 0 Å². The second kappa shape index (κ2) is 15.9. The maximum absolute atomic E-state index is 14.7. The molecule has 1 aromatic rings. The third-order valence-electron chi connectivity index (χ3n) is 10.5. The average Bonchev–Trinajstić information content (AvgIpc) is 3.67. The van der Waals surface area contributed by atoms with Crippen molar-refractivity contribution >= 4 is 46.7 Å². The van der Waals surface area contributed by atoms with E-state index < -0.39 is 52.6 Å². The Balaban J connectivity index is 1.42. The summed E-state index contributed by atoms with van der Waals surface area (Å²) in [7, 11) is 1.57. The Morgan fingerprint density at radius 2 is 1.78 bits per heavy atom. The zero-order chi connectivity index (χ0) is 37.1. The van der Waals surface area contributed by atoms with Crippen molar-refractivity contribution in [3.63, 3.8) is 0 Å². The van der Waals surface area contributed by atoms with Crippen LogP contribution < -0.4 is 20.7 Å². The number of ether oxygens (including phenoxy) is 1. The normalized spacial score (nSPS) is 23.2. The third kappa shape index (κ3) is 9.23. The molecule has 2 aliphatic heterocycles. The number of hydrogen-bond acceptors (Lipinski definition) is 8. The van der Waals surface area contributed by atoms with Crippen LogP contribution in [0.25, 0.3) is 0 Å². The summed E-state index contributed by atoms with van der Waals surface area (Å²) < 4.78 is 5.68. The van der Waals surface area contributed by atoms with E-state index in [0.717, 1.165) is 44.1 Å². The first-order valence-corrected chi connectivity index (χ1v) is 18.9. The lowest BCUT2D eigenvalue weighted by Crippen LogP contribution is -2.59. The van der Waals surface area contributed by atoms with E-state index >= 15 is 0 Å². The van der Waals surface area contributed by atoms with Crippen LogP contribution in [0.3, 0.4) is 0 Å². The highest BCUT2D eigenvalue weighted by atomic mass is 35.5. The minimum Gasteiger partial charge on any atom is -0.496 e. The Kier molecular flexibility index (Phi) is 12.0. The topological polar surface area (TPSA) is 156 Å². The molecule has 3 N–H and O–H groups in total. The van der Waals surface area contributed by atoms with E-state index in [4.69, 9.17) is 21.2 Å². The molecule has 0 unspecified atom stereocenters. The summed E-state index contributed by atoms with van der Waals surface area (Å²) in [6, 6.07) is 0.476. The lowest BCUT2D eigenvalue weighted by molar-refractivity contribution is -0.145. The predicted molar refractivity (Wildman–Crippen MR) is 193 cm³/mol. The number of amides is 4. The Bertz CT molecular complexity index is 1550. The van der Waals surface area contributed by atoms with Crippen LogP contribution in [-0.2, 0) is 28.8 Å².